The molecule has 0 saturated heterocycles. The zero-order valence-electron chi connectivity index (χ0n) is 14.6. The Kier molecular flexibility index (Phi) is 5.27. The van der Waals surface area contributed by atoms with Crippen LogP contribution in [0.5, 0.6) is 0 Å². The fraction of sp³-hybridized carbons (Fsp3) is 0.0952. The number of fused-ring (bicyclic) bond motifs is 1. The lowest BCUT2D eigenvalue weighted by Gasteiger charge is -2.04. The number of nitrogens with zero attached hydrogens (tertiary/aromatic N) is 3. The largest absolute Gasteiger partial charge is 0.238 e. The van der Waals surface area contributed by atoms with Gasteiger partial charge in [0, 0.05) is 11.3 Å². The molecule has 0 bridgehead atoms. The molecule has 2 heterocycles. The summed E-state index contributed by atoms with van der Waals surface area (Å²) >= 11 is 3.20. The molecule has 0 spiro atoms. The highest BCUT2D eigenvalue weighted by atomic mass is 32.2. The van der Waals surface area contributed by atoms with Crippen LogP contribution in [0.1, 0.15) is 10.6 Å². The van der Waals surface area contributed by atoms with Gasteiger partial charge in [-0.1, -0.05) is 54.2 Å². The molecule has 3 nitrogen and oxygen atoms in total. The average Bonchev–Trinajstić information content (AvgIpc) is 3.08. The van der Waals surface area contributed by atoms with Gasteiger partial charge in [-0.2, -0.15) is 0 Å². The molecule has 0 saturated carbocycles. The number of aryl methyl sites for hydroxylation is 1. The van der Waals surface area contributed by atoms with Crippen LogP contribution in [0.25, 0.3) is 27.6 Å². The summed E-state index contributed by atoms with van der Waals surface area (Å²) in [7, 11) is 0. The van der Waals surface area contributed by atoms with Gasteiger partial charge in [-0.05, 0) is 36.8 Å². The molecule has 2 aromatic carbocycles. The lowest BCUT2D eigenvalue weighted by atomic mass is 10.1. The van der Waals surface area contributed by atoms with Crippen molar-refractivity contribution in [2.45, 2.75) is 11.9 Å². The molecular weight excluding hydrogens is 377 g/mol. The molecule has 0 radical (unpaired) electrons. The van der Waals surface area contributed by atoms with Gasteiger partial charge in [-0.3, -0.25) is 0 Å². The lowest BCUT2D eigenvalue weighted by molar-refractivity contribution is 0.628. The van der Waals surface area contributed by atoms with Crippen LogP contribution in [0.3, 0.4) is 0 Å². The minimum atomic E-state index is -0.263. The molecule has 0 amide bonds. The number of hydrogen-bond acceptors (Lipinski definition) is 5. The van der Waals surface area contributed by atoms with Crippen LogP contribution in [0.4, 0.5) is 4.39 Å². The molecule has 4 rings (SSSR count). The van der Waals surface area contributed by atoms with E-state index in [1.165, 1.54) is 17.7 Å². The number of benzene rings is 2. The Balaban J connectivity index is 1.60. The maximum absolute atomic E-state index is 13.2. The van der Waals surface area contributed by atoms with Crippen LogP contribution in [-0.4, -0.2) is 20.9 Å². The van der Waals surface area contributed by atoms with Crippen molar-refractivity contribution in [1.82, 2.24) is 15.2 Å². The smallest absolute Gasteiger partial charge is 0.146 e. The second-order valence-electron chi connectivity index (χ2n) is 5.90. The van der Waals surface area contributed by atoms with E-state index in [1.54, 1.807) is 35.2 Å². The SMILES string of the molecule is Cc1nc2c(SC/C=C/c3ccccc3)nnc(-c3ccc(F)cc3)c2s1. The molecule has 6 heteroatoms. The van der Waals surface area contributed by atoms with E-state index in [2.05, 4.69) is 39.5 Å². The Bertz CT molecular complexity index is 1090. The maximum atomic E-state index is 13.2. The van der Waals surface area contributed by atoms with E-state index in [-0.39, 0.29) is 5.82 Å². The maximum Gasteiger partial charge on any atom is 0.146 e. The second-order valence-corrected chi connectivity index (χ2v) is 8.11. The zero-order valence-corrected chi connectivity index (χ0v) is 16.2. The molecule has 0 fully saturated rings. The van der Waals surface area contributed by atoms with E-state index in [0.29, 0.717) is 0 Å². The van der Waals surface area contributed by atoms with Crippen molar-refractivity contribution >= 4 is 39.4 Å². The van der Waals surface area contributed by atoms with E-state index in [9.17, 15) is 4.39 Å². The fourth-order valence-corrected chi connectivity index (χ4v) is 4.41. The summed E-state index contributed by atoms with van der Waals surface area (Å²) in [6, 6.07) is 16.5. The van der Waals surface area contributed by atoms with Crippen molar-refractivity contribution in [2.24, 2.45) is 0 Å². The Hall–Kier alpha value is -2.57. The van der Waals surface area contributed by atoms with E-state index in [4.69, 9.17) is 0 Å². The Morgan fingerprint density at radius 1 is 1.04 bits per heavy atom. The van der Waals surface area contributed by atoms with Gasteiger partial charge in [0.25, 0.3) is 0 Å². The highest BCUT2D eigenvalue weighted by molar-refractivity contribution is 7.99. The molecule has 0 aliphatic rings. The van der Waals surface area contributed by atoms with Gasteiger partial charge in [-0.15, -0.1) is 21.5 Å². The average molecular weight is 394 g/mol. The van der Waals surface area contributed by atoms with Gasteiger partial charge < -0.3 is 0 Å². The molecule has 0 atom stereocenters. The van der Waals surface area contributed by atoms with Crippen molar-refractivity contribution in [3.8, 4) is 11.3 Å². The molecule has 0 N–H and O–H groups in total. The standard InChI is InChI=1S/C21H16FN3S2/c1-14-23-19-20(27-14)18(16-9-11-17(22)12-10-16)24-25-21(19)26-13-5-8-15-6-3-2-4-7-15/h2-12H,13H2,1H3/b8-5+. The third kappa shape index (κ3) is 4.07. The van der Waals surface area contributed by atoms with Gasteiger partial charge in [-0.25, -0.2) is 9.37 Å². The van der Waals surface area contributed by atoms with Crippen molar-refractivity contribution in [3.63, 3.8) is 0 Å². The van der Waals surface area contributed by atoms with E-state index >= 15 is 0 Å². The second kappa shape index (κ2) is 7.98. The normalized spacial score (nSPS) is 11.5. The van der Waals surface area contributed by atoms with Crippen LogP contribution in [0.2, 0.25) is 0 Å². The molecule has 2 aromatic heterocycles. The molecule has 0 unspecified atom stereocenters. The molecule has 27 heavy (non-hydrogen) atoms. The van der Waals surface area contributed by atoms with E-state index < -0.39 is 0 Å². The first-order valence-corrected chi connectivity index (χ1v) is 10.2. The van der Waals surface area contributed by atoms with Gasteiger partial charge in [0.2, 0.25) is 0 Å². The fourth-order valence-electron chi connectivity index (χ4n) is 2.69. The molecule has 0 aliphatic carbocycles. The Morgan fingerprint density at radius 2 is 1.81 bits per heavy atom. The Labute approximate surface area is 165 Å². The predicted octanol–water partition coefficient (Wildman–Crippen LogP) is 6.01. The van der Waals surface area contributed by atoms with Crippen LogP contribution >= 0.6 is 23.1 Å². The van der Waals surface area contributed by atoms with Gasteiger partial charge in [0.05, 0.1) is 9.71 Å². The molecule has 134 valence electrons. The first-order chi connectivity index (χ1) is 13.2. The minimum Gasteiger partial charge on any atom is -0.238 e. The van der Waals surface area contributed by atoms with Crippen LogP contribution in [0.15, 0.2) is 65.7 Å². The summed E-state index contributed by atoms with van der Waals surface area (Å²) in [6.07, 6.45) is 4.21. The first-order valence-electron chi connectivity index (χ1n) is 8.45. The van der Waals surface area contributed by atoms with Crippen molar-refractivity contribution < 1.29 is 4.39 Å². The topological polar surface area (TPSA) is 38.7 Å². The van der Waals surface area contributed by atoms with Crippen molar-refractivity contribution in [2.75, 3.05) is 5.75 Å². The highest BCUT2D eigenvalue weighted by Crippen LogP contribution is 2.35. The van der Waals surface area contributed by atoms with E-state index in [0.717, 1.165) is 37.3 Å². The zero-order chi connectivity index (χ0) is 18.6. The lowest BCUT2D eigenvalue weighted by Crippen LogP contribution is -1.93. The molecular formula is C21H16FN3S2. The summed E-state index contributed by atoms with van der Waals surface area (Å²) in [5.41, 5.74) is 3.63. The number of thioether (sulfide) groups is 1. The summed E-state index contributed by atoms with van der Waals surface area (Å²) in [5, 5.41) is 10.6. The number of thiazole rings is 1. The Morgan fingerprint density at radius 3 is 2.59 bits per heavy atom. The van der Waals surface area contributed by atoms with Gasteiger partial charge in [0.15, 0.2) is 0 Å². The van der Waals surface area contributed by atoms with Crippen LogP contribution in [-0.2, 0) is 0 Å². The van der Waals surface area contributed by atoms with Crippen LogP contribution < -0.4 is 0 Å². The van der Waals surface area contributed by atoms with Gasteiger partial charge in [0.1, 0.15) is 22.1 Å². The molecule has 4 aromatic rings. The number of hydrogen-bond donors (Lipinski definition) is 0. The first kappa shape index (κ1) is 17.8. The van der Waals surface area contributed by atoms with Gasteiger partial charge >= 0.3 is 0 Å². The number of rotatable bonds is 5. The third-order valence-electron chi connectivity index (χ3n) is 3.94. The summed E-state index contributed by atoms with van der Waals surface area (Å²) in [4.78, 5) is 4.65. The monoisotopic (exact) mass is 393 g/mol. The molecule has 0 aliphatic heterocycles. The number of halogens is 1. The minimum absolute atomic E-state index is 0.263. The van der Waals surface area contributed by atoms with E-state index in [1.807, 2.05) is 25.1 Å². The summed E-state index contributed by atoms with van der Waals surface area (Å²) in [5.74, 6) is 0.520. The highest BCUT2D eigenvalue weighted by Gasteiger charge is 2.15. The summed E-state index contributed by atoms with van der Waals surface area (Å²) in [6.45, 7) is 1.98. The predicted molar refractivity (Wildman–Crippen MR) is 112 cm³/mol. The number of aromatic nitrogens is 3. The van der Waals surface area contributed by atoms with Crippen molar-refractivity contribution in [3.05, 3.63) is 77.1 Å². The summed E-state index contributed by atoms with van der Waals surface area (Å²) < 4.78 is 14.2. The quantitative estimate of drug-likeness (QED) is 0.389. The van der Waals surface area contributed by atoms with Crippen LogP contribution in [0, 0.1) is 12.7 Å². The third-order valence-corrected chi connectivity index (χ3v) is 5.82. The van der Waals surface area contributed by atoms with Crippen molar-refractivity contribution in [1.29, 1.82) is 0 Å².